The number of rotatable bonds is 8. The van der Waals surface area contributed by atoms with Crippen LogP contribution in [0, 0.1) is 13.8 Å². The highest BCUT2D eigenvalue weighted by atomic mass is 32.2. The maximum Gasteiger partial charge on any atom is 0.291 e. The summed E-state index contributed by atoms with van der Waals surface area (Å²) in [6.07, 6.45) is 1.45. The van der Waals surface area contributed by atoms with Gasteiger partial charge in [0.05, 0.1) is 17.5 Å². The fourth-order valence-electron chi connectivity index (χ4n) is 3.28. The molecule has 7 nitrogen and oxygen atoms in total. The number of thioether (sulfide) groups is 1. The molecule has 0 bridgehead atoms. The molecule has 0 spiro atoms. The van der Waals surface area contributed by atoms with Crippen molar-refractivity contribution in [3.05, 3.63) is 101 Å². The van der Waals surface area contributed by atoms with E-state index in [9.17, 15) is 9.59 Å². The van der Waals surface area contributed by atoms with Crippen molar-refractivity contribution in [2.24, 2.45) is 0 Å². The molecule has 0 radical (unpaired) electrons. The van der Waals surface area contributed by atoms with Gasteiger partial charge in [-0.3, -0.25) is 9.59 Å². The monoisotopic (exact) mass is 461 g/mol. The van der Waals surface area contributed by atoms with E-state index < -0.39 is 0 Å². The van der Waals surface area contributed by atoms with Crippen LogP contribution in [-0.2, 0) is 12.3 Å². The van der Waals surface area contributed by atoms with E-state index in [2.05, 4.69) is 15.8 Å². The molecule has 8 heteroatoms. The Labute approximate surface area is 195 Å². The first-order valence-electron chi connectivity index (χ1n) is 10.4. The van der Waals surface area contributed by atoms with Crippen LogP contribution in [0.2, 0.25) is 0 Å². The molecule has 2 N–H and O–H groups in total. The third-order valence-corrected chi connectivity index (χ3v) is 6.17. The number of benzene rings is 2. The number of hydrogen-bond donors (Lipinski definition) is 2. The van der Waals surface area contributed by atoms with Crippen LogP contribution in [-0.4, -0.2) is 17.0 Å². The number of nitrogens with zero attached hydrogens (tertiary/aromatic N) is 1. The number of anilines is 1. The quantitative estimate of drug-likeness (QED) is 0.343. The Morgan fingerprint density at radius 1 is 1.00 bits per heavy atom. The highest BCUT2D eigenvalue weighted by Crippen LogP contribution is 2.29. The highest BCUT2D eigenvalue weighted by molar-refractivity contribution is 7.98. The van der Waals surface area contributed by atoms with Crippen molar-refractivity contribution in [3.8, 4) is 0 Å². The Bertz CT molecular complexity index is 1240. The summed E-state index contributed by atoms with van der Waals surface area (Å²) in [5.41, 5.74) is 4.00. The SMILES string of the molecule is Cc1noc(C)c1CSc1ccccc1C(=O)NCc1cccc(NC(=O)c2ccco2)c1. The van der Waals surface area contributed by atoms with Gasteiger partial charge in [-0.15, -0.1) is 11.8 Å². The fourth-order valence-corrected chi connectivity index (χ4v) is 4.48. The molecule has 2 amide bonds. The molecular weight excluding hydrogens is 438 g/mol. The summed E-state index contributed by atoms with van der Waals surface area (Å²) < 4.78 is 10.3. The van der Waals surface area contributed by atoms with E-state index in [4.69, 9.17) is 8.94 Å². The maximum absolute atomic E-state index is 12.9. The van der Waals surface area contributed by atoms with Crippen LogP contribution in [0.4, 0.5) is 5.69 Å². The van der Waals surface area contributed by atoms with Crippen molar-refractivity contribution in [2.45, 2.75) is 31.0 Å². The summed E-state index contributed by atoms with van der Waals surface area (Å²) in [5, 5.41) is 9.75. The molecule has 4 rings (SSSR count). The summed E-state index contributed by atoms with van der Waals surface area (Å²) >= 11 is 1.57. The lowest BCUT2D eigenvalue weighted by atomic mass is 10.1. The van der Waals surface area contributed by atoms with Crippen molar-refractivity contribution in [2.75, 3.05) is 5.32 Å². The van der Waals surface area contributed by atoms with Crippen LogP contribution >= 0.6 is 11.8 Å². The van der Waals surface area contributed by atoms with E-state index in [0.29, 0.717) is 23.5 Å². The minimum Gasteiger partial charge on any atom is -0.459 e. The van der Waals surface area contributed by atoms with Gasteiger partial charge in [0.25, 0.3) is 11.8 Å². The minimum atomic E-state index is -0.328. The van der Waals surface area contributed by atoms with Crippen LogP contribution in [0.5, 0.6) is 0 Å². The number of hydrogen-bond acceptors (Lipinski definition) is 6. The predicted molar refractivity (Wildman–Crippen MR) is 126 cm³/mol. The van der Waals surface area contributed by atoms with Crippen molar-refractivity contribution >= 4 is 29.3 Å². The van der Waals surface area contributed by atoms with E-state index in [1.807, 2.05) is 56.3 Å². The Hall–Kier alpha value is -3.78. The molecule has 0 saturated heterocycles. The molecule has 33 heavy (non-hydrogen) atoms. The molecule has 2 aromatic carbocycles. The zero-order chi connectivity index (χ0) is 23.2. The molecule has 4 aromatic rings. The zero-order valence-electron chi connectivity index (χ0n) is 18.3. The Morgan fingerprint density at radius 3 is 2.61 bits per heavy atom. The summed E-state index contributed by atoms with van der Waals surface area (Å²) in [4.78, 5) is 26.0. The smallest absolute Gasteiger partial charge is 0.291 e. The van der Waals surface area contributed by atoms with Crippen LogP contribution in [0.1, 0.15) is 43.5 Å². The van der Waals surface area contributed by atoms with Crippen LogP contribution in [0.15, 0.2) is 80.8 Å². The van der Waals surface area contributed by atoms with E-state index in [-0.39, 0.29) is 17.6 Å². The Balaban J connectivity index is 1.39. The molecule has 2 heterocycles. The Kier molecular flexibility index (Phi) is 6.95. The topological polar surface area (TPSA) is 97.4 Å². The summed E-state index contributed by atoms with van der Waals surface area (Å²) in [5.74, 6) is 1.20. The molecule has 0 aliphatic heterocycles. The second-order valence-corrected chi connectivity index (χ2v) is 8.42. The number of aryl methyl sites for hydroxylation is 2. The number of carbonyl (C=O) groups is 2. The second kappa shape index (κ2) is 10.2. The molecule has 0 unspecified atom stereocenters. The van der Waals surface area contributed by atoms with Gasteiger partial charge in [-0.05, 0) is 55.8 Å². The average Bonchev–Trinajstić information content (AvgIpc) is 3.47. The van der Waals surface area contributed by atoms with E-state index >= 15 is 0 Å². The van der Waals surface area contributed by atoms with Gasteiger partial charge in [-0.1, -0.05) is 29.4 Å². The first kappa shape index (κ1) is 22.4. The van der Waals surface area contributed by atoms with Crippen molar-refractivity contribution in [1.82, 2.24) is 10.5 Å². The summed E-state index contributed by atoms with van der Waals surface area (Å²) in [6, 6.07) is 18.1. The maximum atomic E-state index is 12.9. The zero-order valence-corrected chi connectivity index (χ0v) is 19.1. The number of aromatic nitrogens is 1. The highest BCUT2D eigenvalue weighted by Gasteiger charge is 2.15. The molecule has 0 fully saturated rings. The number of nitrogens with one attached hydrogen (secondary N) is 2. The third-order valence-electron chi connectivity index (χ3n) is 5.07. The fraction of sp³-hybridized carbons (Fsp3) is 0.160. The molecule has 0 saturated carbocycles. The van der Waals surface area contributed by atoms with Crippen LogP contribution in [0.25, 0.3) is 0 Å². The molecule has 168 valence electrons. The van der Waals surface area contributed by atoms with Gasteiger partial charge in [0, 0.05) is 28.4 Å². The lowest BCUT2D eigenvalue weighted by molar-refractivity contribution is 0.0946. The molecule has 2 aromatic heterocycles. The van der Waals surface area contributed by atoms with E-state index in [1.54, 1.807) is 30.0 Å². The second-order valence-electron chi connectivity index (χ2n) is 7.40. The average molecular weight is 462 g/mol. The van der Waals surface area contributed by atoms with E-state index in [1.165, 1.54) is 6.26 Å². The molecule has 0 aliphatic rings. The first-order valence-corrected chi connectivity index (χ1v) is 11.4. The lowest BCUT2D eigenvalue weighted by Gasteiger charge is -2.11. The van der Waals surface area contributed by atoms with E-state index in [0.717, 1.165) is 27.5 Å². The van der Waals surface area contributed by atoms with Gasteiger partial charge < -0.3 is 19.6 Å². The van der Waals surface area contributed by atoms with Crippen molar-refractivity contribution < 1.29 is 18.5 Å². The lowest BCUT2D eigenvalue weighted by Crippen LogP contribution is -2.23. The predicted octanol–water partition coefficient (Wildman–Crippen LogP) is 5.36. The van der Waals surface area contributed by atoms with Gasteiger partial charge in [-0.25, -0.2) is 0 Å². The third kappa shape index (κ3) is 5.53. The van der Waals surface area contributed by atoms with Gasteiger partial charge in [0.1, 0.15) is 5.76 Å². The summed E-state index contributed by atoms with van der Waals surface area (Å²) in [6.45, 7) is 4.13. The van der Waals surface area contributed by atoms with Crippen molar-refractivity contribution in [1.29, 1.82) is 0 Å². The Morgan fingerprint density at radius 2 is 1.85 bits per heavy atom. The van der Waals surface area contributed by atoms with Gasteiger partial charge in [0.15, 0.2) is 5.76 Å². The number of amides is 2. The molecule has 0 aliphatic carbocycles. The minimum absolute atomic E-state index is 0.165. The van der Waals surface area contributed by atoms with Crippen molar-refractivity contribution in [3.63, 3.8) is 0 Å². The van der Waals surface area contributed by atoms with Crippen LogP contribution in [0.3, 0.4) is 0 Å². The van der Waals surface area contributed by atoms with Gasteiger partial charge in [0.2, 0.25) is 0 Å². The summed E-state index contributed by atoms with van der Waals surface area (Å²) in [7, 11) is 0. The largest absolute Gasteiger partial charge is 0.459 e. The van der Waals surface area contributed by atoms with Gasteiger partial charge >= 0.3 is 0 Å². The number of carbonyl (C=O) groups excluding carboxylic acids is 2. The molecule has 0 atom stereocenters. The normalized spacial score (nSPS) is 10.7. The van der Waals surface area contributed by atoms with Gasteiger partial charge in [-0.2, -0.15) is 0 Å². The number of furan rings is 1. The first-order chi connectivity index (χ1) is 16.0. The standard InChI is InChI=1S/C25H23N3O4S/c1-16-21(17(2)32-28-16)15-33-23-11-4-3-9-20(23)24(29)26-14-18-7-5-8-19(13-18)27-25(30)22-10-6-12-31-22/h3-13H,14-15H2,1-2H3,(H,26,29)(H,27,30). The molecular formula is C25H23N3O4S. The van der Waals surface area contributed by atoms with Crippen LogP contribution < -0.4 is 10.6 Å².